The molecule has 0 unspecified atom stereocenters. The second-order valence-corrected chi connectivity index (χ2v) is 10.5. The molecule has 1 aliphatic carbocycles. The van der Waals surface area contributed by atoms with Crippen LogP contribution < -0.4 is 10.9 Å². The highest BCUT2D eigenvalue weighted by molar-refractivity contribution is 8.00. The standard InChI is InChI=1S/C25H24FN3O2S2/c26-17-10-12-18(13-11-17)29-24(31)22-19-8-4-5-9-20(19)33-23(22)28-25(29)32-15-21(30)27-14-16-6-2-1-3-7-16/h1-3,6-7,10-13,19-20H,4-5,8-9,14-15H2,(H,27,30)/t19-,20+/m0/s1. The van der Waals surface area contributed by atoms with Gasteiger partial charge in [0.1, 0.15) is 10.8 Å². The number of carbonyl (C=O) groups is 1. The maximum atomic E-state index is 13.7. The minimum atomic E-state index is -0.363. The quantitative estimate of drug-likeness (QED) is 0.308. The monoisotopic (exact) mass is 481 g/mol. The average Bonchev–Trinajstić information content (AvgIpc) is 3.21. The van der Waals surface area contributed by atoms with Crippen molar-refractivity contribution in [1.29, 1.82) is 0 Å². The van der Waals surface area contributed by atoms with Crippen LogP contribution in [0.15, 0.2) is 69.6 Å². The molecule has 0 bridgehead atoms. The highest BCUT2D eigenvalue weighted by atomic mass is 32.2. The number of hydrogen-bond donors (Lipinski definition) is 1. The molecule has 2 heterocycles. The van der Waals surface area contributed by atoms with E-state index in [1.807, 2.05) is 30.3 Å². The summed E-state index contributed by atoms with van der Waals surface area (Å²) in [5, 5.41) is 4.57. The predicted molar refractivity (Wildman–Crippen MR) is 130 cm³/mol. The number of halogens is 1. The van der Waals surface area contributed by atoms with Crippen LogP contribution in [0.1, 0.15) is 42.7 Å². The first-order chi connectivity index (χ1) is 16.1. The molecular weight excluding hydrogens is 457 g/mol. The van der Waals surface area contributed by atoms with Gasteiger partial charge in [-0.3, -0.25) is 14.2 Å². The van der Waals surface area contributed by atoms with Gasteiger partial charge in [-0.15, -0.1) is 11.8 Å². The van der Waals surface area contributed by atoms with Crippen molar-refractivity contribution in [2.24, 2.45) is 0 Å². The number of benzene rings is 2. The molecule has 8 heteroatoms. The molecule has 1 amide bonds. The van der Waals surface area contributed by atoms with Gasteiger partial charge in [0, 0.05) is 17.7 Å². The van der Waals surface area contributed by atoms with Crippen molar-refractivity contribution in [2.45, 2.75) is 53.6 Å². The molecule has 1 N–H and O–H groups in total. The van der Waals surface area contributed by atoms with Gasteiger partial charge in [0.05, 0.1) is 17.0 Å². The molecule has 2 atom stereocenters. The van der Waals surface area contributed by atoms with Gasteiger partial charge in [-0.25, -0.2) is 9.37 Å². The van der Waals surface area contributed by atoms with E-state index in [0.717, 1.165) is 35.4 Å². The first-order valence-electron chi connectivity index (χ1n) is 11.1. The molecule has 0 saturated heterocycles. The number of nitrogens with zero attached hydrogens (tertiary/aromatic N) is 2. The van der Waals surface area contributed by atoms with E-state index >= 15 is 0 Å². The fourth-order valence-corrected chi connectivity index (χ4v) is 6.91. The molecule has 1 aliphatic heterocycles. The van der Waals surface area contributed by atoms with E-state index in [4.69, 9.17) is 4.98 Å². The second-order valence-electron chi connectivity index (χ2n) is 8.33. The molecule has 170 valence electrons. The molecule has 3 aromatic rings. The fourth-order valence-electron chi connectivity index (χ4n) is 4.51. The third kappa shape index (κ3) is 4.73. The molecule has 1 fully saturated rings. The molecule has 2 aromatic carbocycles. The van der Waals surface area contributed by atoms with Crippen LogP contribution in [0, 0.1) is 5.82 Å². The number of aromatic nitrogens is 2. The smallest absolute Gasteiger partial charge is 0.263 e. The Labute approximate surface area is 200 Å². The Bertz CT molecular complexity index is 1210. The Morgan fingerprint density at radius 2 is 1.88 bits per heavy atom. The maximum absolute atomic E-state index is 13.7. The van der Waals surface area contributed by atoms with E-state index in [1.54, 1.807) is 28.5 Å². The van der Waals surface area contributed by atoms with Crippen LogP contribution in [-0.4, -0.2) is 26.5 Å². The SMILES string of the molecule is O=C(CSc1nc2c(c(=O)n1-c1ccc(F)cc1)[C@H]1CCCC[C@H]1S2)NCc1ccccc1. The molecule has 5 nitrogen and oxygen atoms in total. The number of amides is 1. The van der Waals surface area contributed by atoms with Gasteiger partial charge >= 0.3 is 0 Å². The lowest BCUT2D eigenvalue weighted by molar-refractivity contribution is -0.118. The Hall–Kier alpha value is -2.58. The summed E-state index contributed by atoms with van der Waals surface area (Å²) in [6.07, 6.45) is 4.39. The van der Waals surface area contributed by atoms with Crippen molar-refractivity contribution in [2.75, 3.05) is 5.75 Å². The minimum absolute atomic E-state index is 0.0966. The average molecular weight is 482 g/mol. The highest BCUT2D eigenvalue weighted by Crippen LogP contribution is 2.50. The number of carbonyl (C=O) groups excluding carboxylic acids is 1. The Morgan fingerprint density at radius 3 is 2.67 bits per heavy atom. The molecule has 1 saturated carbocycles. The lowest BCUT2D eigenvalue weighted by atomic mass is 9.85. The molecule has 2 aliphatic rings. The van der Waals surface area contributed by atoms with E-state index in [9.17, 15) is 14.0 Å². The first-order valence-corrected chi connectivity index (χ1v) is 13.0. The van der Waals surface area contributed by atoms with Gasteiger partial charge in [0.25, 0.3) is 5.56 Å². The van der Waals surface area contributed by atoms with Crippen molar-refractivity contribution in [3.63, 3.8) is 0 Å². The summed E-state index contributed by atoms with van der Waals surface area (Å²) in [6.45, 7) is 0.446. The van der Waals surface area contributed by atoms with Gasteiger partial charge < -0.3 is 5.32 Å². The van der Waals surface area contributed by atoms with E-state index in [-0.39, 0.29) is 29.0 Å². The maximum Gasteiger partial charge on any atom is 0.263 e. The Balaban J connectivity index is 1.42. The minimum Gasteiger partial charge on any atom is -0.351 e. The van der Waals surface area contributed by atoms with Gasteiger partial charge in [-0.05, 0) is 42.7 Å². The van der Waals surface area contributed by atoms with Crippen LogP contribution in [0.5, 0.6) is 0 Å². The summed E-state index contributed by atoms with van der Waals surface area (Å²) in [4.78, 5) is 31.0. The number of fused-ring (bicyclic) bond motifs is 3. The van der Waals surface area contributed by atoms with Crippen LogP contribution in [0.2, 0.25) is 0 Å². The molecule has 0 radical (unpaired) electrons. The van der Waals surface area contributed by atoms with Crippen molar-refractivity contribution in [3.05, 3.63) is 81.9 Å². The van der Waals surface area contributed by atoms with Crippen molar-refractivity contribution < 1.29 is 9.18 Å². The van der Waals surface area contributed by atoms with Crippen LogP contribution >= 0.6 is 23.5 Å². The second kappa shape index (κ2) is 9.73. The van der Waals surface area contributed by atoms with Gasteiger partial charge in [0.15, 0.2) is 5.16 Å². The van der Waals surface area contributed by atoms with Crippen molar-refractivity contribution in [1.82, 2.24) is 14.9 Å². The Morgan fingerprint density at radius 1 is 1.12 bits per heavy atom. The summed E-state index contributed by atoms with van der Waals surface area (Å²) < 4.78 is 15.1. The Kier molecular flexibility index (Phi) is 6.55. The predicted octanol–water partition coefficient (Wildman–Crippen LogP) is 4.91. The third-order valence-electron chi connectivity index (χ3n) is 6.14. The summed E-state index contributed by atoms with van der Waals surface area (Å²) in [5.41, 5.74) is 2.27. The fraction of sp³-hybridized carbons (Fsp3) is 0.320. The molecule has 5 rings (SSSR count). The van der Waals surface area contributed by atoms with Gasteiger partial charge in [0.2, 0.25) is 5.91 Å². The summed E-state index contributed by atoms with van der Waals surface area (Å²) in [7, 11) is 0. The van der Waals surface area contributed by atoms with Crippen LogP contribution in [-0.2, 0) is 11.3 Å². The summed E-state index contributed by atoms with van der Waals surface area (Å²) in [6, 6.07) is 15.6. The van der Waals surface area contributed by atoms with E-state index < -0.39 is 0 Å². The number of hydrogen-bond acceptors (Lipinski definition) is 5. The van der Waals surface area contributed by atoms with Crippen molar-refractivity contribution in [3.8, 4) is 5.69 Å². The highest BCUT2D eigenvalue weighted by Gasteiger charge is 2.39. The summed E-state index contributed by atoms with van der Waals surface area (Å²) >= 11 is 2.93. The first kappa shape index (κ1) is 22.2. The zero-order valence-electron chi connectivity index (χ0n) is 18.0. The van der Waals surface area contributed by atoms with Gasteiger partial charge in [-0.2, -0.15) is 0 Å². The topological polar surface area (TPSA) is 64.0 Å². The van der Waals surface area contributed by atoms with Crippen LogP contribution in [0.4, 0.5) is 4.39 Å². The normalized spacial score (nSPS) is 19.1. The van der Waals surface area contributed by atoms with Gasteiger partial charge in [-0.1, -0.05) is 54.9 Å². The van der Waals surface area contributed by atoms with E-state index in [1.165, 1.54) is 30.3 Å². The number of rotatable bonds is 6. The zero-order valence-corrected chi connectivity index (χ0v) is 19.6. The molecule has 33 heavy (non-hydrogen) atoms. The van der Waals surface area contributed by atoms with E-state index in [2.05, 4.69) is 5.32 Å². The van der Waals surface area contributed by atoms with Crippen LogP contribution in [0.3, 0.4) is 0 Å². The molecule has 0 spiro atoms. The number of thioether (sulfide) groups is 2. The number of nitrogens with one attached hydrogen (secondary N) is 1. The van der Waals surface area contributed by atoms with E-state index in [0.29, 0.717) is 22.6 Å². The molecular formula is C25H24FN3O2S2. The third-order valence-corrected chi connectivity index (χ3v) is 8.48. The van der Waals surface area contributed by atoms with Crippen LogP contribution in [0.25, 0.3) is 5.69 Å². The zero-order chi connectivity index (χ0) is 22.8. The molecule has 1 aromatic heterocycles. The lowest BCUT2D eigenvalue weighted by Crippen LogP contribution is -2.29. The lowest BCUT2D eigenvalue weighted by Gasteiger charge is -2.24. The largest absolute Gasteiger partial charge is 0.351 e. The summed E-state index contributed by atoms with van der Waals surface area (Å²) in [5.74, 6) is -0.140. The van der Waals surface area contributed by atoms with Crippen molar-refractivity contribution >= 4 is 29.4 Å².